The first-order chi connectivity index (χ1) is 9.56. The third kappa shape index (κ3) is 3.00. The number of imidazole rings is 1. The van der Waals surface area contributed by atoms with Crippen molar-refractivity contribution in [1.29, 1.82) is 0 Å². The number of nitrogens with one attached hydrogen (secondary N) is 1. The van der Waals surface area contributed by atoms with Crippen LogP contribution in [0.25, 0.3) is 11.0 Å². The molecule has 0 radical (unpaired) electrons. The zero-order valence-corrected chi connectivity index (χ0v) is 12.3. The maximum Gasteiger partial charge on any atom is 0.111 e. The molecule has 0 aliphatic heterocycles. The highest BCUT2D eigenvalue weighted by Gasteiger charge is 2.14. The van der Waals surface area contributed by atoms with Crippen LogP contribution in [0.3, 0.4) is 0 Å². The number of likely N-dealkylation sites (N-methyl/N-ethyl adjacent to an activating group) is 1. The quantitative estimate of drug-likeness (QED) is 0.729. The Balaban J connectivity index is 2.49. The third-order valence-corrected chi connectivity index (χ3v) is 3.65. The van der Waals surface area contributed by atoms with Gasteiger partial charge in [0.2, 0.25) is 0 Å². The Morgan fingerprint density at radius 3 is 2.65 bits per heavy atom. The van der Waals surface area contributed by atoms with E-state index in [4.69, 9.17) is 5.11 Å². The second-order valence-electron chi connectivity index (χ2n) is 5.25. The minimum atomic E-state index is -0.762. The fourth-order valence-electron chi connectivity index (χ4n) is 2.33. The second kappa shape index (κ2) is 6.35. The molecule has 0 spiro atoms. The molecule has 1 aromatic heterocycles. The lowest BCUT2D eigenvalue weighted by Gasteiger charge is -2.13. The van der Waals surface area contributed by atoms with Crippen molar-refractivity contribution in [3.63, 3.8) is 0 Å². The number of aryl methyl sites for hydroxylation is 2. The van der Waals surface area contributed by atoms with Crippen molar-refractivity contribution in [2.75, 3.05) is 20.2 Å². The van der Waals surface area contributed by atoms with Gasteiger partial charge in [0, 0.05) is 13.0 Å². The van der Waals surface area contributed by atoms with E-state index >= 15 is 0 Å². The summed E-state index contributed by atoms with van der Waals surface area (Å²) in [6.45, 7) is 5.10. The molecule has 110 valence electrons. The molecular formula is C15H23N3O2. The Hall–Kier alpha value is -1.43. The van der Waals surface area contributed by atoms with Crippen LogP contribution in [0.4, 0.5) is 0 Å². The Morgan fingerprint density at radius 2 is 2.00 bits per heavy atom. The van der Waals surface area contributed by atoms with E-state index in [9.17, 15) is 5.11 Å². The Morgan fingerprint density at radius 1 is 1.30 bits per heavy atom. The number of aliphatic hydroxyl groups excluding tert-OH is 2. The summed E-state index contributed by atoms with van der Waals surface area (Å²) in [4.78, 5) is 4.67. The standard InChI is InChI=1S/C15H23N3O2/c1-10-6-13-14(7-11(10)2)18(8-12(20)9-19)15(17-13)4-5-16-3/h6-7,12,16,19-20H,4-5,8-9H2,1-3H3. The van der Waals surface area contributed by atoms with Gasteiger partial charge >= 0.3 is 0 Å². The largest absolute Gasteiger partial charge is 0.394 e. The fourth-order valence-corrected chi connectivity index (χ4v) is 2.33. The summed E-state index contributed by atoms with van der Waals surface area (Å²) in [5.41, 5.74) is 4.39. The molecule has 5 nitrogen and oxygen atoms in total. The van der Waals surface area contributed by atoms with Crippen LogP contribution >= 0.6 is 0 Å². The van der Waals surface area contributed by atoms with E-state index in [-0.39, 0.29) is 6.61 Å². The Labute approximate surface area is 119 Å². The first-order valence-corrected chi connectivity index (χ1v) is 6.96. The van der Waals surface area contributed by atoms with Crippen molar-refractivity contribution >= 4 is 11.0 Å². The number of aliphatic hydroxyl groups is 2. The minimum Gasteiger partial charge on any atom is -0.394 e. The number of benzene rings is 1. The molecule has 20 heavy (non-hydrogen) atoms. The van der Waals surface area contributed by atoms with Crippen LogP contribution in [-0.4, -0.2) is 46.1 Å². The number of aromatic nitrogens is 2. The number of hydrogen-bond acceptors (Lipinski definition) is 4. The fraction of sp³-hybridized carbons (Fsp3) is 0.533. The number of nitrogens with zero attached hydrogens (tertiary/aromatic N) is 2. The molecule has 1 heterocycles. The van der Waals surface area contributed by atoms with Gasteiger partial charge in [-0.15, -0.1) is 0 Å². The molecule has 1 aromatic carbocycles. The van der Waals surface area contributed by atoms with Gasteiger partial charge in [0.05, 0.1) is 30.3 Å². The number of rotatable bonds is 6. The average Bonchev–Trinajstić information content (AvgIpc) is 2.74. The molecule has 2 rings (SSSR count). The lowest BCUT2D eigenvalue weighted by molar-refractivity contribution is 0.0814. The molecule has 1 unspecified atom stereocenters. The molecular weight excluding hydrogens is 254 g/mol. The van der Waals surface area contributed by atoms with Gasteiger partial charge in [-0.2, -0.15) is 0 Å². The summed E-state index contributed by atoms with van der Waals surface area (Å²) in [6, 6.07) is 4.18. The van der Waals surface area contributed by atoms with Gasteiger partial charge in [-0.05, 0) is 44.2 Å². The predicted molar refractivity (Wildman–Crippen MR) is 79.9 cm³/mol. The molecule has 3 N–H and O–H groups in total. The van der Waals surface area contributed by atoms with Crippen molar-refractivity contribution in [2.24, 2.45) is 0 Å². The topological polar surface area (TPSA) is 70.3 Å². The third-order valence-electron chi connectivity index (χ3n) is 3.65. The van der Waals surface area contributed by atoms with Gasteiger partial charge in [-0.25, -0.2) is 4.98 Å². The van der Waals surface area contributed by atoms with Crippen LogP contribution in [0.15, 0.2) is 12.1 Å². The lowest BCUT2D eigenvalue weighted by Crippen LogP contribution is -2.22. The van der Waals surface area contributed by atoms with Crippen molar-refractivity contribution in [2.45, 2.75) is 32.9 Å². The highest BCUT2D eigenvalue weighted by molar-refractivity contribution is 5.78. The van der Waals surface area contributed by atoms with Crippen LogP contribution in [0, 0.1) is 13.8 Å². The second-order valence-corrected chi connectivity index (χ2v) is 5.25. The summed E-state index contributed by atoms with van der Waals surface area (Å²) < 4.78 is 2.01. The molecule has 2 aromatic rings. The van der Waals surface area contributed by atoms with Crippen LogP contribution in [0.1, 0.15) is 17.0 Å². The van der Waals surface area contributed by atoms with Gasteiger partial charge in [-0.3, -0.25) is 0 Å². The van der Waals surface area contributed by atoms with E-state index in [1.54, 1.807) is 0 Å². The summed E-state index contributed by atoms with van der Waals surface area (Å²) in [5.74, 6) is 0.937. The summed E-state index contributed by atoms with van der Waals surface area (Å²) in [6.07, 6.45) is 0.0314. The zero-order chi connectivity index (χ0) is 14.7. The van der Waals surface area contributed by atoms with Crippen LogP contribution < -0.4 is 5.32 Å². The van der Waals surface area contributed by atoms with E-state index in [1.165, 1.54) is 11.1 Å². The molecule has 0 aliphatic carbocycles. The SMILES string of the molecule is CNCCc1nc2cc(C)c(C)cc2n1CC(O)CO. The smallest absolute Gasteiger partial charge is 0.111 e. The van der Waals surface area contributed by atoms with Crippen LogP contribution in [0.5, 0.6) is 0 Å². The Bertz CT molecular complexity index is 592. The lowest BCUT2D eigenvalue weighted by atomic mass is 10.1. The maximum atomic E-state index is 9.75. The number of hydrogen-bond donors (Lipinski definition) is 3. The van der Waals surface area contributed by atoms with E-state index in [1.807, 2.05) is 11.6 Å². The van der Waals surface area contributed by atoms with E-state index in [0.717, 1.165) is 29.8 Å². The normalized spacial score (nSPS) is 13.1. The highest BCUT2D eigenvalue weighted by atomic mass is 16.3. The molecule has 0 fully saturated rings. The van der Waals surface area contributed by atoms with E-state index in [0.29, 0.717) is 6.54 Å². The van der Waals surface area contributed by atoms with Gasteiger partial charge < -0.3 is 20.1 Å². The molecule has 0 saturated carbocycles. The van der Waals surface area contributed by atoms with Crippen LogP contribution in [-0.2, 0) is 13.0 Å². The maximum absolute atomic E-state index is 9.75. The van der Waals surface area contributed by atoms with Gasteiger partial charge in [0.15, 0.2) is 0 Å². The molecule has 0 saturated heterocycles. The summed E-state index contributed by atoms with van der Waals surface area (Å²) in [5, 5.41) is 21.9. The van der Waals surface area contributed by atoms with Crippen LogP contribution in [0.2, 0.25) is 0 Å². The minimum absolute atomic E-state index is 0.240. The van der Waals surface area contributed by atoms with Gasteiger partial charge in [-0.1, -0.05) is 0 Å². The molecule has 0 aliphatic rings. The van der Waals surface area contributed by atoms with Gasteiger partial charge in [0.1, 0.15) is 5.82 Å². The van der Waals surface area contributed by atoms with Crippen molar-refractivity contribution in [3.8, 4) is 0 Å². The van der Waals surface area contributed by atoms with Gasteiger partial charge in [0.25, 0.3) is 0 Å². The monoisotopic (exact) mass is 277 g/mol. The first kappa shape index (κ1) is 15.0. The zero-order valence-electron chi connectivity index (χ0n) is 12.3. The number of fused-ring (bicyclic) bond motifs is 1. The van der Waals surface area contributed by atoms with Crippen molar-refractivity contribution < 1.29 is 10.2 Å². The Kier molecular flexibility index (Phi) is 4.75. The van der Waals surface area contributed by atoms with E-state index < -0.39 is 6.10 Å². The van der Waals surface area contributed by atoms with E-state index in [2.05, 4.69) is 36.3 Å². The molecule has 1 atom stereocenters. The van der Waals surface area contributed by atoms with Crippen molar-refractivity contribution in [3.05, 3.63) is 29.1 Å². The predicted octanol–water partition coefficient (Wildman–Crippen LogP) is 0.768. The molecule has 0 bridgehead atoms. The molecule has 0 amide bonds. The van der Waals surface area contributed by atoms with Crippen molar-refractivity contribution in [1.82, 2.24) is 14.9 Å². The average molecular weight is 277 g/mol. The first-order valence-electron chi connectivity index (χ1n) is 6.96. The highest BCUT2D eigenvalue weighted by Crippen LogP contribution is 2.21. The summed E-state index contributed by atoms with van der Waals surface area (Å²) >= 11 is 0. The molecule has 5 heteroatoms. The summed E-state index contributed by atoms with van der Waals surface area (Å²) in [7, 11) is 1.91.